The van der Waals surface area contributed by atoms with Crippen LogP contribution in [-0.4, -0.2) is 16.7 Å². The molecule has 2 rings (SSSR count). The molecule has 0 amide bonds. The first-order chi connectivity index (χ1) is 9.48. The summed E-state index contributed by atoms with van der Waals surface area (Å²) in [4.78, 5) is 4.55. The predicted molar refractivity (Wildman–Crippen MR) is 77.0 cm³/mol. The Kier molecular flexibility index (Phi) is 4.81. The lowest BCUT2D eigenvalue weighted by molar-refractivity contribution is -0.0891. The number of nitrogens with zero attached hydrogens (tertiary/aromatic N) is 2. The van der Waals surface area contributed by atoms with Gasteiger partial charge in [-0.15, -0.1) is 0 Å². The Morgan fingerprint density at radius 2 is 2.25 bits per heavy atom. The number of ether oxygens (including phenoxy) is 1. The molecule has 1 fully saturated rings. The van der Waals surface area contributed by atoms with Crippen molar-refractivity contribution in [2.75, 3.05) is 6.61 Å². The number of rotatable bonds is 5. The van der Waals surface area contributed by atoms with Crippen molar-refractivity contribution in [2.45, 2.75) is 65.0 Å². The van der Waals surface area contributed by atoms with Gasteiger partial charge in [-0.2, -0.15) is 4.98 Å². The molecule has 0 aliphatic heterocycles. The van der Waals surface area contributed by atoms with Crippen LogP contribution in [0.25, 0.3) is 0 Å². The van der Waals surface area contributed by atoms with Gasteiger partial charge in [0.05, 0.1) is 6.04 Å². The quantitative estimate of drug-likeness (QED) is 0.897. The fraction of sp³-hybridized carbons (Fsp3) is 0.867. The summed E-state index contributed by atoms with van der Waals surface area (Å²) in [6.07, 6.45) is 4.30. The van der Waals surface area contributed by atoms with Crippen LogP contribution in [0.2, 0.25) is 0 Å². The smallest absolute Gasteiger partial charge is 0.243 e. The normalized spacial score (nSPS) is 28.8. The minimum absolute atomic E-state index is 0.212. The molecule has 1 saturated carbocycles. The Balaban J connectivity index is 2.26. The lowest BCUT2D eigenvalue weighted by atomic mass is 9.78. The summed E-state index contributed by atoms with van der Waals surface area (Å²) in [6, 6.07) is -0.212. The zero-order valence-corrected chi connectivity index (χ0v) is 13.1. The summed E-state index contributed by atoms with van der Waals surface area (Å²) in [7, 11) is 0. The third-order valence-electron chi connectivity index (χ3n) is 4.23. The molecule has 0 saturated heterocycles. The molecule has 3 atom stereocenters. The van der Waals surface area contributed by atoms with Gasteiger partial charge in [-0.1, -0.05) is 32.3 Å². The van der Waals surface area contributed by atoms with E-state index in [9.17, 15) is 0 Å². The van der Waals surface area contributed by atoms with Gasteiger partial charge in [0.1, 0.15) is 5.60 Å². The Bertz CT molecular complexity index is 429. The van der Waals surface area contributed by atoms with Crippen molar-refractivity contribution < 1.29 is 9.26 Å². The maximum Gasteiger partial charge on any atom is 0.243 e. The van der Waals surface area contributed by atoms with Crippen molar-refractivity contribution in [3.8, 4) is 0 Å². The van der Waals surface area contributed by atoms with Crippen LogP contribution in [0.5, 0.6) is 0 Å². The first-order valence-electron chi connectivity index (χ1n) is 7.72. The number of aromatic nitrogens is 2. The molecular formula is C15H27N3O2. The third kappa shape index (κ3) is 3.04. The molecule has 1 heterocycles. The highest BCUT2D eigenvalue weighted by Crippen LogP contribution is 2.42. The second kappa shape index (κ2) is 6.22. The largest absolute Gasteiger partial charge is 0.367 e. The van der Waals surface area contributed by atoms with E-state index >= 15 is 0 Å². The molecule has 2 unspecified atom stereocenters. The van der Waals surface area contributed by atoms with Crippen molar-refractivity contribution in [1.29, 1.82) is 0 Å². The molecule has 1 aromatic rings. The molecule has 2 N–H and O–H groups in total. The fourth-order valence-corrected chi connectivity index (χ4v) is 3.02. The summed E-state index contributed by atoms with van der Waals surface area (Å²) in [6.45, 7) is 9.04. The van der Waals surface area contributed by atoms with E-state index in [1.165, 1.54) is 6.42 Å². The Morgan fingerprint density at radius 3 is 2.85 bits per heavy atom. The second-order valence-corrected chi connectivity index (χ2v) is 6.35. The first-order valence-corrected chi connectivity index (χ1v) is 7.72. The first kappa shape index (κ1) is 15.4. The number of nitrogens with two attached hydrogens (primary N) is 1. The average molecular weight is 281 g/mol. The minimum Gasteiger partial charge on any atom is -0.367 e. The number of hydrogen-bond acceptors (Lipinski definition) is 5. The van der Waals surface area contributed by atoms with E-state index in [0.29, 0.717) is 24.2 Å². The molecule has 0 aromatic carbocycles. The van der Waals surface area contributed by atoms with Crippen LogP contribution in [0.4, 0.5) is 0 Å². The molecule has 20 heavy (non-hydrogen) atoms. The van der Waals surface area contributed by atoms with Crippen LogP contribution in [0.1, 0.15) is 71.1 Å². The zero-order valence-electron chi connectivity index (χ0n) is 13.1. The van der Waals surface area contributed by atoms with E-state index in [0.717, 1.165) is 19.3 Å². The van der Waals surface area contributed by atoms with Gasteiger partial charge in [0, 0.05) is 6.61 Å². The Hall–Kier alpha value is -0.940. The van der Waals surface area contributed by atoms with Crippen molar-refractivity contribution >= 4 is 0 Å². The van der Waals surface area contributed by atoms with E-state index < -0.39 is 0 Å². The standard InChI is InChI=1S/C15H27N3O2/c1-5-19-15(8-6-7-11(4)9-15)14-17-13(20-18-14)12(16)10(2)3/h10-12H,5-9,16H2,1-4H3/t11?,12-,15?/m0/s1. The molecule has 0 spiro atoms. The van der Waals surface area contributed by atoms with Crippen LogP contribution in [0.15, 0.2) is 4.52 Å². The predicted octanol–water partition coefficient (Wildman–Crippen LogP) is 3.17. The van der Waals surface area contributed by atoms with E-state index in [2.05, 4.69) is 30.9 Å². The van der Waals surface area contributed by atoms with Gasteiger partial charge in [0.2, 0.25) is 11.7 Å². The van der Waals surface area contributed by atoms with Gasteiger partial charge in [-0.3, -0.25) is 0 Å². The van der Waals surface area contributed by atoms with Crippen LogP contribution < -0.4 is 5.73 Å². The maximum atomic E-state index is 6.09. The monoisotopic (exact) mass is 281 g/mol. The van der Waals surface area contributed by atoms with Gasteiger partial charge in [-0.05, 0) is 38.0 Å². The van der Waals surface area contributed by atoms with E-state index in [1.54, 1.807) is 0 Å². The fourth-order valence-electron chi connectivity index (χ4n) is 3.02. The highest BCUT2D eigenvalue weighted by molar-refractivity contribution is 5.06. The highest BCUT2D eigenvalue weighted by Gasteiger charge is 2.41. The molecule has 1 aromatic heterocycles. The third-order valence-corrected chi connectivity index (χ3v) is 4.23. The van der Waals surface area contributed by atoms with E-state index in [4.69, 9.17) is 15.0 Å². The molecule has 114 valence electrons. The SMILES string of the molecule is CCOC1(c2noc([C@@H](N)C(C)C)n2)CCCC(C)C1. The van der Waals surface area contributed by atoms with Crippen molar-refractivity contribution in [2.24, 2.45) is 17.6 Å². The summed E-state index contributed by atoms with van der Waals surface area (Å²) in [5.41, 5.74) is 5.70. The molecule has 0 radical (unpaired) electrons. The van der Waals surface area contributed by atoms with Crippen LogP contribution >= 0.6 is 0 Å². The lowest BCUT2D eigenvalue weighted by Crippen LogP contribution is -2.36. The summed E-state index contributed by atoms with van der Waals surface area (Å²) in [5.74, 6) is 2.09. The van der Waals surface area contributed by atoms with Crippen LogP contribution in [0, 0.1) is 11.8 Å². The summed E-state index contributed by atoms with van der Waals surface area (Å²) >= 11 is 0. The Morgan fingerprint density at radius 1 is 1.50 bits per heavy atom. The molecule has 5 heteroatoms. The molecule has 0 bridgehead atoms. The van der Waals surface area contributed by atoms with Crippen molar-refractivity contribution in [3.63, 3.8) is 0 Å². The van der Waals surface area contributed by atoms with Gasteiger partial charge in [0.15, 0.2) is 0 Å². The number of hydrogen-bond donors (Lipinski definition) is 1. The average Bonchev–Trinajstić information content (AvgIpc) is 2.88. The van der Waals surface area contributed by atoms with Gasteiger partial charge in [0.25, 0.3) is 0 Å². The Labute approximate surface area is 121 Å². The van der Waals surface area contributed by atoms with Crippen LogP contribution in [-0.2, 0) is 10.3 Å². The summed E-state index contributed by atoms with van der Waals surface area (Å²) in [5, 5.41) is 4.18. The van der Waals surface area contributed by atoms with E-state index in [1.807, 2.05) is 6.92 Å². The summed E-state index contributed by atoms with van der Waals surface area (Å²) < 4.78 is 11.4. The van der Waals surface area contributed by atoms with E-state index in [-0.39, 0.29) is 17.6 Å². The molecular weight excluding hydrogens is 254 g/mol. The molecule has 1 aliphatic rings. The van der Waals surface area contributed by atoms with Gasteiger partial charge >= 0.3 is 0 Å². The maximum absolute atomic E-state index is 6.09. The minimum atomic E-state index is -0.384. The zero-order chi connectivity index (χ0) is 14.8. The van der Waals surface area contributed by atoms with Crippen LogP contribution in [0.3, 0.4) is 0 Å². The molecule has 5 nitrogen and oxygen atoms in total. The topological polar surface area (TPSA) is 74.2 Å². The van der Waals surface area contributed by atoms with Gasteiger partial charge < -0.3 is 15.0 Å². The highest BCUT2D eigenvalue weighted by atomic mass is 16.5. The van der Waals surface area contributed by atoms with Crippen molar-refractivity contribution in [3.05, 3.63) is 11.7 Å². The lowest BCUT2D eigenvalue weighted by Gasteiger charge is -2.37. The second-order valence-electron chi connectivity index (χ2n) is 6.35. The molecule has 1 aliphatic carbocycles. The van der Waals surface area contributed by atoms with Gasteiger partial charge in [-0.25, -0.2) is 0 Å². The van der Waals surface area contributed by atoms with Crippen molar-refractivity contribution in [1.82, 2.24) is 10.1 Å².